The maximum atomic E-state index is 13.5. The zero-order valence-electron chi connectivity index (χ0n) is 17.0. The molecule has 0 radical (unpaired) electrons. The minimum absolute atomic E-state index is 0.0257. The highest BCUT2D eigenvalue weighted by atomic mass is 35.5. The zero-order valence-corrected chi connectivity index (χ0v) is 17.7. The third kappa shape index (κ3) is 4.64. The molecular weight excluding hydrogens is 392 g/mol. The van der Waals surface area contributed by atoms with E-state index in [4.69, 9.17) is 16.3 Å². The van der Waals surface area contributed by atoms with Gasteiger partial charge in [0.15, 0.2) is 0 Å². The molecule has 0 bridgehead atoms. The molecule has 2 fully saturated rings. The summed E-state index contributed by atoms with van der Waals surface area (Å²) in [4.78, 5) is 42.6. The van der Waals surface area contributed by atoms with Gasteiger partial charge in [0.2, 0.25) is 17.7 Å². The molecule has 2 heterocycles. The number of imide groups is 1. The van der Waals surface area contributed by atoms with Crippen molar-refractivity contribution in [3.63, 3.8) is 0 Å². The van der Waals surface area contributed by atoms with E-state index >= 15 is 0 Å². The van der Waals surface area contributed by atoms with Crippen LogP contribution in [-0.4, -0.2) is 60.9 Å². The molecule has 1 unspecified atom stereocenters. The fraction of sp³-hybridized carbons (Fsp3) is 0.591. The van der Waals surface area contributed by atoms with Crippen LogP contribution in [0, 0.1) is 0 Å². The van der Waals surface area contributed by atoms with Gasteiger partial charge in [-0.2, -0.15) is 0 Å². The molecule has 29 heavy (non-hydrogen) atoms. The van der Waals surface area contributed by atoms with Crippen LogP contribution in [0.3, 0.4) is 0 Å². The number of hydrogen-bond acceptors (Lipinski definition) is 4. The highest BCUT2D eigenvalue weighted by molar-refractivity contribution is 6.32. The highest BCUT2D eigenvalue weighted by Gasteiger charge is 2.54. The molecule has 2 aliphatic rings. The van der Waals surface area contributed by atoms with Crippen LogP contribution < -0.4 is 0 Å². The summed E-state index contributed by atoms with van der Waals surface area (Å²) in [5.41, 5.74) is -0.663. The molecule has 0 N–H and O–H groups in total. The number of nitrogens with zero attached hydrogens (tertiary/aromatic N) is 2. The third-order valence-corrected chi connectivity index (χ3v) is 6.27. The van der Waals surface area contributed by atoms with Gasteiger partial charge in [0.1, 0.15) is 0 Å². The van der Waals surface area contributed by atoms with Crippen molar-refractivity contribution in [1.82, 2.24) is 9.80 Å². The van der Waals surface area contributed by atoms with Crippen LogP contribution >= 0.6 is 11.6 Å². The van der Waals surface area contributed by atoms with Crippen molar-refractivity contribution in [1.29, 1.82) is 0 Å². The molecule has 2 aliphatic heterocycles. The fourth-order valence-corrected chi connectivity index (χ4v) is 4.69. The second-order valence-electron chi connectivity index (χ2n) is 7.91. The highest BCUT2D eigenvalue weighted by Crippen LogP contribution is 2.43. The van der Waals surface area contributed by atoms with E-state index in [9.17, 15) is 14.4 Å². The molecule has 0 aliphatic carbocycles. The van der Waals surface area contributed by atoms with Gasteiger partial charge < -0.3 is 9.64 Å². The monoisotopic (exact) mass is 420 g/mol. The lowest BCUT2D eigenvalue weighted by atomic mass is 9.75. The Kier molecular flexibility index (Phi) is 7.30. The standard InChI is InChI=1S/C22H29ClN2O4/c1-29-14-8-13-25-20(27)16-22(21(25)28,17-9-4-5-10-18(17)23)15-19(26)24-11-6-2-3-7-12-24/h4-5,9-10H,2-3,6-8,11-16H2,1H3. The van der Waals surface area contributed by atoms with E-state index < -0.39 is 5.41 Å². The molecule has 3 amide bonds. The maximum Gasteiger partial charge on any atom is 0.240 e. The summed E-state index contributed by atoms with van der Waals surface area (Å²) in [7, 11) is 1.58. The molecule has 1 aromatic carbocycles. The Labute approximate surface area is 177 Å². The number of carbonyl (C=O) groups excluding carboxylic acids is 3. The first-order valence-electron chi connectivity index (χ1n) is 10.4. The number of amides is 3. The van der Waals surface area contributed by atoms with Crippen molar-refractivity contribution in [3.8, 4) is 0 Å². The quantitative estimate of drug-likeness (QED) is 0.502. The van der Waals surface area contributed by atoms with Gasteiger partial charge in [-0.15, -0.1) is 0 Å². The van der Waals surface area contributed by atoms with Gasteiger partial charge in [-0.1, -0.05) is 42.6 Å². The van der Waals surface area contributed by atoms with Crippen LogP contribution in [0.25, 0.3) is 0 Å². The summed E-state index contributed by atoms with van der Waals surface area (Å²) in [6, 6.07) is 7.06. The normalized spacial score (nSPS) is 22.8. The average Bonchev–Trinajstić information content (AvgIpc) is 2.90. The fourth-order valence-electron chi connectivity index (χ4n) is 4.38. The van der Waals surface area contributed by atoms with Gasteiger partial charge in [0.25, 0.3) is 0 Å². The van der Waals surface area contributed by atoms with Crippen LogP contribution in [-0.2, 0) is 24.5 Å². The predicted molar refractivity (Wildman–Crippen MR) is 111 cm³/mol. The number of halogens is 1. The number of benzene rings is 1. The summed E-state index contributed by atoms with van der Waals surface area (Å²) >= 11 is 6.45. The molecule has 0 aromatic heterocycles. The van der Waals surface area contributed by atoms with Gasteiger partial charge in [0.05, 0.1) is 5.41 Å². The lowest BCUT2D eigenvalue weighted by molar-refractivity contribution is -0.142. The molecule has 6 nitrogen and oxygen atoms in total. The Hall–Kier alpha value is -1.92. The first-order valence-corrected chi connectivity index (χ1v) is 10.7. The molecule has 3 rings (SSSR count). The van der Waals surface area contributed by atoms with E-state index in [1.165, 1.54) is 4.90 Å². The van der Waals surface area contributed by atoms with E-state index in [1.54, 1.807) is 31.4 Å². The van der Waals surface area contributed by atoms with Crippen LogP contribution in [0.5, 0.6) is 0 Å². The Morgan fingerprint density at radius 1 is 1.14 bits per heavy atom. The molecule has 2 saturated heterocycles. The summed E-state index contributed by atoms with van der Waals surface area (Å²) in [6.07, 6.45) is 4.69. The number of carbonyl (C=O) groups is 3. The van der Waals surface area contributed by atoms with Gasteiger partial charge in [-0.05, 0) is 30.9 Å². The number of methoxy groups -OCH3 is 1. The van der Waals surface area contributed by atoms with Crippen molar-refractivity contribution in [2.45, 2.75) is 50.4 Å². The van der Waals surface area contributed by atoms with Crippen LogP contribution in [0.4, 0.5) is 0 Å². The van der Waals surface area contributed by atoms with Crippen LogP contribution in [0.1, 0.15) is 50.5 Å². The number of rotatable bonds is 7. The average molecular weight is 421 g/mol. The topological polar surface area (TPSA) is 66.9 Å². The Balaban J connectivity index is 1.91. The summed E-state index contributed by atoms with van der Waals surface area (Å²) < 4.78 is 5.05. The van der Waals surface area contributed by atoms with Crippen molar-refractivity contribution in [2.75, 3.05) is 33.4 Å². The number of likely N-dealkylation sites (tertiary alicyclic amines) is 2. The molecule has 1 aromatic rings. The summed E-state index contributed by atoms with van der Waals surface area (Å²) in [5, 5.41) is 0.413. The first kappa shape index (κ1) is 21.8. The van der Waals surface area contributed by atoms with E-state index in [-0.39, 0.29) is 37.1 Å². The largest absolute Gasteiger partial charge is 0.385 e. The Bertz CT molecular complexity index is 761. The first-order chi connectivity index (χ1) is 14.0. The molecular formula is C22H29ClN2O4. The van der Waals surface area contributed by atoms with Crippen molar-refractivity contribution in [2.24, 2.45) is 0 Å². The minimum Gasteiger partial charge on any atom is -0.385 e. The van der Waals surface area contributed by atoms with Crippen molar-refractivity contribution < 1.29 is 19.1 Å². The molecule has 158 valence electrons. The van der Waals surface area contributed by atoms with Crippen LogP contribution in [0.2, 0.25) is 5.02 Å². The van der Waals surface area contributed by atoms with Gasteiger partial charge in [-0.25, -0.2) is 0 Å². The van der Waals surface area contributed by atoms with E-state index in [1.807, 2.05) is 4.90 Å². The predicted octanol–water partition coefficient (Wildman–Crippen LogP) is 3.17. The third-order valence-electron chi connectivity index (χ3n) is 5.94. The molecule has 7 heteroatoms. The minimum atomic E-state index is -1.23. The molecule has 0 saturated carbocycles. The van der Waals surface area contributed by atoms with E-state index in [2.05, 4.69) is 0 Å². The SMILES string of the molecule is COCCCN1C(=O)CC(CC(=O)N2CCCCCC2)(c2ccccc2Cl)C1=O. The second kappa shape index (κ2) is 9.72. The van der Waals surface area contributed by atoms with Crippen LogP contribution in [0.15, 0.2) is 24.3 Å². The summed E-state index contributed by atoms with van der Waals surface area (Å²) in [6.45, 7) is 2.16. The lowest BCUT2D eigenvalue weighted by Gasteiger charge is -2.30. The van der Waals surface area contributed by atoms with Gasteiger partial charge in [-0.3, -0.25) is 19.3 Å². The molecule has 1 atom stereocenters. The lowest BCUT2D eigenvalue weighted by Crippen LogP contribution is -2.44. The van der Waals surface area contributed by atoms with Crippen molar-refractivity contribution >= 4 is 29.3 Å². The smallest absolute Gasteiger partial charge is 0.240 e. The second-order valence-corrected chi connectivity index (χ2v) is 8.31. The van der Waals surface area contributed by atoms with Gasteiger partial charge in [0, 0.05) is 51.2 Å². The van der Waals surface area contributed by atoms with E-state index in [0.29, 0.717) is 36.7 Å². The summed E-state index contributed by atoms with van der Waals surface area (Å²) in [5.74, 6) is -0.656. The van der Waals surface area contributed by atoms with Gasteiger partial charge >= 0.3 is 0 Å². The Morgan fingerprint density at radius 3 is 2.48 bits per heavy atom. The van der Waals surface area contributed by atoms with Crippen molar-refractivity contribution in [3.05, 3.63) is 34.9 Å². The zero-order chi connectivity index (χ0) is 20.9. The number of hydrogen-bond donors (Lipinski definition) is 0. The molecule has 0 spiro atoms. The Morgan fingerprint density at radius 2 is 1.83 bits per heavy atom. The number of ether oxygens (including phenoxy) is 1. The van der Waals surface area contributed by atoms with E-state index in [0.717, 1.165) is 25.7 Å². The maximum absolute atomic E-state index is 13.5.